The van der Waals surface area contributed by atoms with Gasteiger partial charge in [0.05, 0.1) is 11.3 Å². The van der Waals surface area contributed by atoms with E-state index in [0.717, 1.165) is 12.1 Å². The predicted molar refractivity (Wildman–Crippen MR) is 136 cm³/mol. The van der Waals surface area contributed by atoms with Crippen LogP contribution in [0.15, 0.2) is 59.8 Å². The van der Waals surface area contributed by atoms with Crippen LogP contribution in [0.3, 0.4) is 0 Å². The number of aromatic carboxylic acids is 1. The Kier molecular flexibility index (Phi) is 9.22. The Morgan fingerprint density at radius 3 is 2.12 bits per heavy atom. The number of benzene rings is 3. The zero-order valence-electron chi connectivity index (χ0n) is 20.0. The molecule has 214 valence electrons. The summed E-state index contributed by atoms with van der Waals surface area (Å²) in [7, 11) is 0. The first-order valence-corrected chi connectivity index (χ1v) is 11.9. The fourth-order valence-electron chi connectivity index (χ4n) is 3.83. The van der Waals surface area contributed by atoms with E-state index in [9.17, 15) is 41.0 Å². The second-order valence-corrected chi connectivity index (χ2v) is 9.24. The normalized spacial score (nSPS) is 17.0. The molecule has 1 amide bonds. The number of halogens is 8. The maximum atomic E-state index is 14.2. The summed E-state index contributed by atoms with van der Waals surface area (Å²) in [5.74, 6) is -2.06. The quantitative estimate of drug-likeness (QED) is 0.300. The van der Waals surface area contributed by atoms with E-state index in [-0.39, 0.29) is 26.9 Å². The van der Waals surface area contributed by atoms with Gasteiger partial charge in [0.15, 0.2) is 5.91 Å². The van der Waals surface area contributed by atoms with Crippen LogP contribution in [0.2, 0.25) is 10.0 Å². The van der Waals surface area contributed by atoms with Gasteiger partial charge in [-0.3, -0.25) is 4.79 Å². The molecule has 1 heterocycles. The highest BCUT2D eigenvalue weighted by Gasteiger charge is 2.62. The average Bonchev–Trinajstić information content (AvgIpc) is 3.33. The summed E-state index contributed by atoms with van der Waals surface area (Å²) in [6.07, 6.45) is -9.82. The van der Waals surface area contributed by atoms with Gasteiger partial charge >= 0.3 is 18.3 Å². The second-order valence-electron chi connectivity index (χ2n) is 8.37. The van der Waals surface area contributed by atoms with Gasteiger partial charge in [0.25, 0.3) is 5.60 Å². The molecule has 1 unspecified atom stereocenters. The maximum Gasteiger partial charge on any atom is 0.435 e. The number of amides is 1. The molecule has 0 radical (unpaired) electrons. The minimum absolute atomic E-state index is 0.0365. The molecule has 1 atom stereocenters. The van der Waals surface area contributed by atoms with Crippen LogP contribution in [-0.4, -0.2) is 48.1 Å². The molecule has 0 bridgehead atoms. The van der Waals surface area contributed by atoms with Gasteiger partial charge in [0, 0.05) is 27.6 Å². The molecule has 3 aromatic carbocycles. The van der Waals surface area contributed by atoms with Crippen LogP contribution >= 0.6 is 23.2 Å². The largest absolute Gasteiger partial charge is 0.670 e. The highest BCUT2D eigenvalue weighted by atomic mass is 35.5. The fraction of sp³-hybridized carbons (Fsp3) is 0.240. The number of alkyl halides is 6. The number of carbonyl (C=O) groups is 2. The number of oxime groups is 1. The van der Waals surface area contributed by atoms with Crippen molar-refractivity contribution in [2.45, 2.75) is 24.4 Å². The van der Waals surface area contributed by atoms with E-state index in [0.29, 0.717) is 16.3 Å². The predicted octanol–water partition coefficient (Wildman–Crippen LogP) is 7.14. The van der Waals surface area contributed by atoms with Gasteiger partial charge in [-0.2, -0.15) is 26.3 Å². The molecule has 7 nitrogen and oxygen atoms in total. The molecular formula is C25H18Cl2F6N3O4-. The Hall–Kier alpha value is -3.55. The van der Waals surface area contributed by atoms with Gasteiger partial charge in [-0.25, -0.2) is 4.79 Å². The Labute approximate surface area is 232 Å². The van der Waals surface area contributed by atoms with Crippen LogP contribution in [-0.2, 0) is 15.2 Å². The number of carbonyl (C=O) groups excluding carboxylic acids is 1. The highest BCUT2D eigenvalue weighted by molar-refractivity contribution is 6.34. The van der Waals surface area contributed by atoms with Crippen LogP contribution in [0.5, 0.6) is 0 Å². The van der Waals surface area contributed by atoms with Crippen LogP contribution in [0.4, 0.5) is 26.3 Å². The molecule has 3 aromatic rings. The second kappa shape index (κ2) is 11.9. The molecule has 1 aliphatic heterocycles. The summed E-state index contributed by atoms with van der Waals surface area (Å²) in [6, 6.07) is 12.9. The van der Waals surface area contributed by atoms with Crippen molar-refractivity contribution in [1.82, 2.24) is 5.32 Å². The number of fused-ring (bicyclic) bond motifs is 1. The minimum atomic E-state index is -4.82. The highest BCUT2D eigenvalue weighted by Crippen LogP contribution is 2.50. The van der Waals surface area contributed by atoms with Crippen molar-refractivity contribution in [3.63, 3.8) is 0 Å². The topological polar surface area (TPSA) is 112 Å². The summed E-state index contributed by atoms with van der Waals surface area (Å²) in [4.78, 5) is 26.6. The van der Waals surface area contributed by atoms with Gasteiger partial charge in [0.2, 0.25) is 0 Å². The lowest BCUT2D eigenvalue weighted by molar-refractivity contribution is -0.275. The van der Waals surface area contributed by atoms with Crippen molar-refractivity contribution in [3.8, 4) is 0 Å². The molecule has 40 heavy (non-hydrogen) atoms. The summed E-state index contributed by atoms with van der Waals surface area (Å²) >= 11 is 11.8. The van der Waals surface area contributed by atoms with Gasteiger partial charge in [0.1, 0.15) is 6.54 Å². The molecule has 3 N–H and O–H groups in total. The Bertz CT molecular complexity index is 1440. The molecule has 0 spiro atoms. The van der Waals surface area contributed by atoms with E-state index in [1.807, 2.05) is 0 Å². The van der Waals surface area contributed by atoms with Crippen LogP contribution in [0.1, 0.15) is 27.9 Å². The molecule has 0 aliphatic carbocycles. The number of nitrogens with zero attached hydrogens (tertiary/aromatic N) is 1. The molecule has 15 heteroatoms. The number of nitrogens with one attached hydrogen (secondary N) is 2. The van der Waals surface area contributed by atoms with E-state index in [2.05, 4.69) is 5.16 Å². The Morgan fingerprint density at radius 2 is 1.60 bits per heavy atom. The molecule has 0 fully saturated rings. The first-order chi connectivity index (χ1) is 18.6. The van der Waals surface area contributed by atoms with Gasteiger partial charge in [-0.05, 0) is 35.0 Å². The van der Waals surface area contributed by atoms with Crippen molar-refractivity contribution in [1.29, 1.82) is 0 Å². The van der Waals surface area contributed by atoms with Crippen LogP contribution < -0.4 is 5.32 Å². The molecule has 0 saturated heterocycles. The summed E-state index contributed by atoms with van der Waals surface area (Å²) < 4.78 is 76.4. The number of hydrogen-bond acceptors (Lipinski definition) is 4. The van der Waals surface area contributed by atoms with Crippen LogP contribution in [0, 0.1) is 0 Å². The molecule has 1 aliphatic rings. The Balaban J connectivity index is 0.000000378. The first kappa shape index (κ1) is 31.0. The third-order valence-corrected chi connectivity index (χ3v) is 6.06. The van der Waals surface area contributed by atoms with E-state index in [4.69, 9.17) is 33.8 Å². The van der Waals surface area contributed by atoms with Gasteiger partial charge in [-0.15, -0.1) is 0 Å². The number of carboxylic acid groups (broad SMARTS) is 1. The van der Waals surface area contributed by atoms with Gasteiger partial charge < -0.3 is 21.0 Å². The zero-order valence-corrected chi connectivity index (χ0v) is 21.5. The lowest BCUT2D eigenvalue weighted by Crippen LogP contribution is -2.42. The summed E-state index contributed by atoms with van der Waals surface area (Å²) in [6.45, 7) is -2.03. The summed E-state index contributed by atoms with van der Waals surface area (Å²) in [5, 5.41) is 15.6. The number of hydrogen-bond donors (Lipinski definition) is 2. The number of rotatable bonds is 5. The van der Waals surface area contributed by atoms with Crippen molar-refractivity contribution in [3.05, 3.63) is 87.1 Å². The molecular weight excluding hydrogens is 591 g/mol. The van der Waals surface area contributed by atoms with E-state index >= 15 is 0 Å². The van der Waals surface area contributed by atoms with Crippen molar-refractivity contribution in [2.24, 2.45) is 5.16 Å². The first-order valence-electron chi connectivity index (χ1n) is 11.1. The van der Waals surface area contributed by atoms with Gasteiger partial charge in [-0.1, -0.05) is 65.2 Å². The van der Waals surface area contributed by atoms with Crippen LogP contribution in [0.25, 0.3) is 16.5 Å². The van der Waals surface area contributed by atoms with E-state index < -0.39 is 49.3 Å². The number of carboxylic acids is 1. The standard InChI is InChI=1S/C21H12Cl2F3NO3.C4H6F3N2O/c22-12-7-11(8-13(23)9-12)20(21(24,25)26)10-18(27-30-20)16-5-6-17(19(28)29)15-4-2-1-3-14(15)16;5-4(6,7)2-9-3(10)1-8/h1-9H,10H2,(H,28,29);8H,1-2H2,(H,9,10)/q;-1. The maximum absolute atomic E-state index is 14.2. The minimum Gasteiger partial charge on any atom is -0.670 e. The van der Waals surface area contributed by atoms with Crippen molar-refractivity contribution >= 4 is 51.6 Å². The molecule has 0 saturated carbocycles. The third kappa shape index (κ3) is 6.95. The van der Waals surface area contributed by atoms with Crippen molar-refractivity contribution < 1.29 is 45.9 Å². The SMILES string of the molecule is O=C(O)c1ccc(C2=NOC(c3cc(Cl)cc(Cl)c3)(C(F)(F)F)C2)c2ccccc12.[NH-]CC(=O)NCC(F)(F)F. The lowest BCUT2D eigenvalue weighted by Gasteiger charge is -2.29. The Morgan fingerprint density at radius 1 is 1.00 bits per heavy atom. The summed E-state index contributed by atoms with van der Waals surface area (Å²) in [5.41, 5.74) is 3.74. The molecule has 0 aromatic heterocycles. The molecule has 4 rings (SSSR count). The monoisotopic (exact) mass is 608 g/mol. The third-order valence-electron chi connectivity index (χ3n) is 5.63. The fourth-order valence-corrected chi connectivity index (χ4v) is 4.36. The average molecular weight is 609 g/mol. The van der Waals surface area contributed by atoms with E-state index in [1.54, 1.807) is 24.3 Å². The lowest BCUT2D eigenvalue weighted by atomic mass is 9.85. The zero-order chi connectivity index (χ0) is 29.9. The van der Waals surface area contributed by atoms with E-state index in [1.165, 1.54) is 23.5 Å². The smallest absolute Gasteiger partial charge is 0.435 e. The van der Waals surface area contributed by atoms with Crippen molar-refractivity contribution in [2.75, 3.05) is 13.1 Å².